The Morgan fingerprint density at radius 1 is 1.37 bits per heavy atom. The van der Waals surface area contributed by atoms with Gasteiger partial charge in [0, 0.05) is 32.1 Å². The molecule has 1 N–H and O–H groups in total. The van der Waals surface area contributed by atoms with Gasteiger partial charge in [0.2, 0.25) is 5.91 Å². The summed E-state index contributed by atoms with van der Waals surface area (Å²) in [5.41, 5.74) is 0. The Bertz CT molecular complexity index is 277. The van der Waals surface area contributed by atoms with Gasteiger partial charge in [-0.15, -0.1) is 0 Å². The lowest BCUT2D eigenvalue weighted by Gasteiger charge is -2.27. The molecule has 110 valence electrons. The van der Waals surface area contributed by atoms with E-state index >= 15 is 0 Å². The minimum absolute atomic E-state index is 0.218. The van der Waals surface area contributed by atoms with Gasteiger partial charge in [-0.2, -0.15) is 0 Å². The van der Waals surface area contributed by atoms with E-state index in [0.717, 1.165) is 32.2 Å². The number of carbonyl (C=O) groups excluding carboxylic acids is 1. The molecule has 0 radical (unpaired) electrons. The smallest absolute Gasteiger partial charge is 0.224 e. The van der Waals surface area contributed by atoms with E-state index in [9.17, 15) is 4.79 Å². The predicted molar refractivity (Wildman–Crippen MR) is 76.1 cm³/mol. The molecule has 0 saturated carbocycles. The van der Waals surface area contributed by atoms with Crippen LogP contribution in [0, 0.1) is 5.92 Å². The van der Waals surface area contributed by atoms with E-state index in [1.165, 1.54) is 32.1 Å². The molecule has 1 amide bonds. The number of morpholine rings is 1. The van der Waals surface area contributed by atoms with Crippen molar-refractivity contribution in [2.45, 2.75) is 51.5 Å². The van der Waals surface area contributed by atoms with Gasteiger partial charge in [0.05, 0.1) is 13.2 Å². The first kappa shape index (κ1) is 14.8. The van der Waals surface area contributed by atoms with Gasteiger partial charge in [0.15, 0.2) is 0 Å². The highest BCUT2D eigenvalue weighted by Crippen LogP contribution is 2.22. The van der Waals surface area contributed by atoms with Gasteiger partial charge in [-0.05, 0) is 25.2 Å². The number of hydrogen-bond donors (Lipinski definition) is 1. The fourth-order valence-corrected chi connectivity index (χ4v) is 3.20. The first-order chi connectivity index (χ1) is 9.29. The van der Waals surface area contributed by atoms with Crippen LogP contribution in [-0.2, 0) is 9.53 Å². The Labute approximate surface area is 116 Å². The molecule has 2 saturated heterocycles. The van der Waals surface area contributed by atoms with Crippen LogP contribution in [0.1, 0.15) is 45.4 Å². The molecule has 2 rings (SSSR count). The normalized spacial score (nSPS) is 29.0. The van der Waals surface area contributed by atoms with Crippen LogP contribution in [0.3, 0.4) is 0 Å². The van der Waals surface area contributed by atoms with Crippen LogP contribution >= 0.6 is 0 Å². The summed E-state index contributed by atoms with van der Waals surface area (Å²) in [5, 5.41) is 3.36. The molecule has 2 fully saturated rings. The maximum Gasteiger partial charge on any atom is 0.224 e. The van der Waals surface area contributed by atoms with E-state index < -0.39 is 0 Å². The zero-order valence-electron chi connectivity index (χ0n) is 12.2. The van der Waals surface area contributed by atoms with Gasteiger partial charge < -0.3 is 15.0 Å². The Morgan fingerprint density at radius 3 is 3.00 bits per heavy atom. The van der Waals surface area contributed by atoms with Crippen LogP contribution < -0.4 is 5.32 Å². The fourth-order valence-electron chi connectivity index (χ4n) is 3.20. The van der Waals surface area contributed by atoms with Gasteiger partial charge in [0.1, 0.15) is 0 Å². The van der Waals surface area contributed by atoms with Crippen molar-refractivity contribution in [3.05, 3.63) is 0 Å². The summed E-state index contributed by atoms with van der Waals surface area (Å²) in [6.45, 7) is 6.48. The van der Waals surface area contributed by atoms with Gasteiger partial charge in [0.25, 0.3) is 0 Å². The predicted octanol–water partition coefficient (Wildman–Crippen LogP) is 1.79. The Morgan fingerprint density at radius 2 is 2.26 bits per heavy atom. The molecule has 0 aromatic rings. The highest BCUT2D eigenvalue weighted by atomic mass is 16.5. The first-order valence-corrected chi connectivity index (χ1v) is 7.88. The molecule has 2 unspecified atom stereocenters. The molecule has 0 aromatic carbocycles. The van der Waals surface area contributed by atoms with Crippen molar-refractivity contribution in [3.8, 4) is 0 Å². The number of ether oxygens (including phenoxy) is 1. The maximum absolute atomic E-state index is 12.3. The SMILES string of the molecule is CCCC1CCCN(C(=O)CC2COCCN2)CC1. The Kier molecular flexibility index (Phi) is 6.11. The number of nitrogens with one attached hydrogen (secondary N) is 1. The van der Waals surface area contributed by atoms with Gasteiger partial charge in [-0.25, -0.2) is 0 Å². The van der Waals surface area contributed by atoms with E-state index in [4.69, 9.17) is 4.74 Å². The Balaban J connectivity index is 1.75. The van der Waals surface area contributed by atoms with Crippen LogP contribution in [0.25, 0.3) is 0 Å². The van der Waals surface area contributed by atoms with E-state index in [2.05, 4.69) is 17.1 Å². The molecular weight excluding hydrogens is 240 g/mol. The summed E-state index contributed by atoms with van der Waals surface area (Å²) in [6.07, 6.45) is 6.84. The maximum atomic E-state index is 12.3. The molecule has 4 nitrogen and oxygen atoms in total. The number of carbonyl (C=O) groups is 1. The summed E-state index contributed by atoms with van der Waals surface area (Å²) < 4.78 is 5.41. The minimum atomic E-state index is 0.218. The van der Waals surface area contributed by atoms with E-state index in [1.807, 2.05) is 0 Å². The average Bonchev–Trinajstić information content (AvgIpc) is 2.66. The Hall–Kier alpha value is -0.610. The highest BCUT2D eigenvalue weighted by Gasteiger charge is 2.23. The van der Waals surface area contributed by atoms with Crippen molar-refractivity contribution in [2.24, 2.45) is 5.92 Å². The molecule has 2 heterocycles. The largest absolute Gasteiger partial charge is 0.378 e. The average molecular weight is 268 g/mol. The standard InChI is InChI=1S/C15H28N2O2/c1-2-4-13-5-3-8-17(9-6-13)15(18)11-14-12-19-10-7-16-14/h13-14,16H,2-12H2,1H3. The third-order valence-electron chi connectivity index (χ3n) is 4.32. The number of amides is 1. The van der Waals surface area contributed by atoms with Crippen molar-refractivity contribution in [3.63, 3.8) is 0 Å². The van der Waals surface area contributed by atoms with Crippen molar-refractivity contribution < 1.29 is 9.53 Å². The first-order valence-electron chi connectivity index (χ1n) is 7.88. The lowest BCUT2D eigenvalue weighted by atomic mass is 9.96. The highest BCUT2D eigenvalue weighted by molar-refractivity contribution is 5.76. The summed E-state index contributed by atoms with van der Waals surface area (Å²) in [6, 6.07) is 0.218. The quantitative estimate of drug-likeness (QED) is 0.845. The van der Waals surface area contributed by atoms with Crippen LogP contribution in [0.2, 0.25) is 0 Å². The number of nitrogens with zero attached hydrogens (tertiary/aromatic N) is 1. The van der Waals surface area contributed by atoms with Crippen LogP contribution in [0.5, 0.6) is 0 Å². The van der Waals surface area contributed by atoms with E-state index in [0.29, 0.717) is 18.9 Å². The second-order valence-electron chi connectivity index (χ2n) is 5.90. The summed E-state index contributed by atoms with van der Waals surface area (Å²) in [7, 11) is 0. The molecule has 0 aliphatic carbocycles. The molecular formula is C15H28N2O2. The minimum Gasteiger partial charge on any atom is -0.378 e. The summed E-state index contributed by atoms with van der Waals surface area (Å²) in [4.78, 5) is 14.4. The lowest BCUT2D eigenvalue weighted by Crippen LogP contribution is -2.45. The van der Waals surface area contributed by atoms with E-state index in [-0.39, 0.29) is 6.04 Å². The lowest BCUT2D eigenvalue weighted by molar-refractivity contribution is -0.132. The van der Waals surface area contributed by atoms with Crippen molar-refractivity contribution >= 4 is 5.91 Å². The van der Waals surface area contributed by atoms with Crippen molar-refractivity contribution in [2.75, 3.05) is 32.8 Å². The molecule has 2 aliphatic rings. The van der Waals surface area contributed by atoms with Crippen LogP contribution in [0.4, 0.5) is 0 Å². The van der Waals surface area contributed by atoms with Crippen molar-refractivity contribution in [1.82, 2.24) is 10.2 Å². The number of hydrogen-bond acceptors (Lipinski definition) is 3. The van der Waals surface area contributed by atoms with Crippen molar-refractivity contribution in [1.29, 1.82) is 0 Å². The molecule has 2 aliphatic heterocycles. The molecule has 4 heteroatoms. The number of rotatable bonds is 4. The molecule has 2 atom stereocenters. The van der Waals surface area contributed by atoms with Gasteiger partial charge >= 0.3 is 0 Å². The zero-order valence-corrected chi connectivity index (χ0v) is 12.2. The third-order valence-corrected chi connectivity index (χ3v) is 4.32. The van der Waals surface area contributed by atoms with E-state index in [1.54, 1.807) is 0 Å². The monoisotopic (exact) mass is 268 g/mol. The second-order valence-corrected chi connectivity index (χ2v) is 5.90. The zero-order chi connectivity index (χ0) is 13.5. The second kappa shape index (κ2) is 7.85. The number of likely N-dealkylation sites (tertiary alicyclic amines) is 1. The summed E-state index contributed by atoms with van der Waals surface area (Å²) in [5.74, 6) is 1.14. The van der Waals surface area contributed by atoms with Crippen LogP contribution in [-0.4, -0.2) is 49.7 Å². The topological polar surface area (TPSA) is 41.6 Å². The molecule has 19 heavy (non-hydrogen) atoms. The van der Waals surface area contributed by atoms with Gasteiger partial charge in [-0.3, -0.25) is 4.79 Å². The molecule has 0 bridgehead atoms. The fraction of sp³-hybridized carbons (Fsp3) is 0.933. The summed E-state index contributed by atoms with van der Waals surface area (Å²) >= 11 is 0. The third kappa shape index (κ3) is 4.77. The molecule has 0 aromatic heterocycles. The van der Waals surface area contributed by atoms with Gasteiger partial charge in [-0.1, -0.05) is 19.8 Å². The molecule has 0 spiro atoms. The van der Waals surface area contributed by atoms with Crippen LogP contribution in [0.15, 0.2) is 0 Å².